The molecule has 2 amide bonds. The average molecular weight is 380 g/mol. The minimum absolute atomic E-state index is 0.00877. The Balaban J connectivity index is 1.65. The molecule has 3 rings (SSSR count). The number of rotatable bonds is 6. The zero-order valence-electron chi connectivity index (χ0n) is 16.1. The third kappa shape index (κ3) is 4.71. The highest BCUT2D eigenvalue weighted by Crippen LogP contribution is 2.28. The molecule has 1 aliphatic heterocycles. The molecule has 6 nitrogen and oxygen atoms in total. The summed E-state index contributed by atoms with van der Waals surface area (Å²) in [5, 5.41) is 2.80. The fourth-order valence-corrected chi connectivity index (χ4v) is 3.15. The SMILES string of the molecule is COc1ccc(/C=C/C(=O)Nc2cccc(C(=O)N3CCCC3)c2)cc1OC. The van der Waals surface area contributed by atoms with Crippen molar-refractivity contribution in [1.29, 1.82) is 0 Å². The molecule has 1 N–H and O–H groups in total. The Morgan fingerprint density at radius 2 is 1.75 bits per heavy atom. The number of anilines is 1. The van der Waals surface area contributed by atoms with Crippen LogP contribution in [-0.4, -0.2) is 44.0 Å². The first-order chi connectivity index (χ1) is 13.6. The molecule has 0 spiro atoms. The first-order valence-electron chi connectivity index (χ1n) is 9.21. The molecule has 2 aromatic carbocycles. The van der Waals surface area contributed by atoms with Crippen LogP contribution in [0.1, 0.15) is 28.8 Å². The normalized spacial score (nSPS) is 13.6. The van der Waals surface area contributed by atoms with Gasteiger partial charge in [0.1, 0.15) is 0 Å². The first kappa shape index (κ1) is 19.5. The quantitative estimate of drug-likeness (QED) is 0.778. The van der Waals surface area contributed by atoms with Crippen LogP contribution in [0, 0.1) is 0 Å². The van der Waals surface area contributed by atoms with Gasteiger partial charge in [0.25, 0.3) is 5.91 Å². The number of hydrogen-bond donors (Lipinski definition) is 1. The number of methoxy groups -OCH3 is 2. The minimum Gasteiger partial charge on any atom is -0.493 e. The maximum absolute atomic E-state index is 12.5. The number of ether oxygens (including phenoxy) is 2. The van der Waals surface area contributed by atoms with Gasteiger partial charge in [-0.3, -0.25) is 9.59 Å². The lowest BCUT2D eigenvalue weighted by molar-refractivity contribution is -0.111. The number of carbonyl (C=O) groups excluding carboxylic acids is 2. The molecule has 146 valence electrons. The predicted octanol–water partition coefficient (Wildman–Crippen LogP) is 3.59. The molecule has 1 fully saturated rings. The first-order valence-corrected chi connectivity index (χ1v) is 9.21. The Bertz CT molecular complexity index is 886. The second kappa shape index (κ2) is 9.08. The zero-order chi connectivity index (χ0) is 19.9. The number of amides is 2. The van der Waals surface area contributed by atoms with Gasteiger partial charge >= 0.3 is 0 Å². The van der Waals surface area contributed by atoms with E-state index < -0.39 is 0 Å². The van der Waals surface area contributed by atoms with Gasteiger partial charge in [-0.15, -0.1) is 0 Å². The number of likely N-dealkylation sites (tertiary alicyclic amines) is 1. The van der Waals surface area contributed by atoms with Gasteiger partial charge in [0.15, 0.2) is 11.5 Å². The number of benzene rings is 2. The van der Waals surface area contributed by atoms with E-state index in [9.17, 15) is 9.59 Å². The molecular formula is C22H24N2O4. The summed E-state index contributed by atoms with van der Waals surface area (Å²) in [5.74, 6) is 0.955. The Hall–Kier alpha value is -3.28. The number of hydrogen-bond acceptors (Lipinski definition) is 4. The largest absolute Gasteiger partial charge is 0.493 e. The third-order valence-electron chi connectivity index (χ3n) is 4.61. The molecule has 28 heavy (non-hydrogen) atoms. The molecule has 0 atom stereocenters. The summed E-state index contributed by atoms with van der Waals surface area (Å²) in [4.78, 5) is 26.6. The van der Waals surface area contributed by atoms with Crippen LogP contribution in [0.25, 0.3) is 6.08 Å². The van der Waals surface area contributed by atoms with E-state index in [0.29, 0.717) is 22.7 Å². The molecular weight excluding hydrogens is 356 g/mol. The fraction of sp³-hybridized carbons (Fsp3) is 0.273. The molecule has 0 aliphatic carbocycles. The molecule has 1 aliphatic rings. The van der Waals surface area contributed by atoms with E-state index in [0.717, 1.165) is 31.5 Å². The van der Waals surface area contributed by atoms with Crippen LogP contribution in [0.5, 0.6) is 11.5 Å². The smallest absolute Gasteiger partial charge is 0.253 e. The van der Waals surface area contributed by atoms with Gasteiger partial charge in [0.2, 0.25) is 5.91 Å². The number of nitrogens with zero attached hydrogens (tertiary/aromatic N) is 1. The topological polar surface area (TPSA) is 67.9 Å². The summed E-state index contributed by atoms with van der Waals surface area (Å²) in [6.07, 6.45) is 5.22. The highest BCUT2D eigenvalue weighted by molar-refractivity contribution is 6.03. The van der Waals surface area contributed by atoms with Crippen molar-refractivity contribution >= 4 is 23.6 Å². The van der Waals surface area contributed by atoms with Crippen molar-refractivity contribution in [1.82, 2.24) is 4.90 Å². The molecule has 0 bridgehead atoms. The molecule has 0 radical (unpaired) electrons. The van der Waals surface area contributed by atoms with E-state index in [4.69, 9.17) is 9.47 Å². The van der Waals surface area contributed by atoms with Crippen molar-refractivity contribution in [3.05, 3.63) is 59.7 Å². The minimum atomic E-state index is -0.277. The van der Waals surface area contributed by atoms with E-state index >= 15 is 0 Å². The molecule has 0 unspecified atom stereocenters. The second-order valence-electron chi connectivity index (χ2n) is 6.52. The second-order valence-corrected chi connectivity index (χ2v) is 6.52. The zero-order valence-corrected chi connectivity index (χ0v) is 16.1. The maximum Gasteiger partial charge on any atom is 0.253 e. The lowest BCUT2D eigenvalue weighted by Crippen LogP contribution is -2.27. The van der Waals surface area contributed by atoms with Crippen LogP contribution in [0.4, 0.5) is 5.69 Å². The molecule has 0 aromatic heterocycles. The molecule has 1 saturated heterocycles. The molecule has 2 aromatic rings. The van der Waals surface area contributed by atoms with E-state index in [1.165, 1.54) is 6.08 Å². The Morgan fingerprint density at radius 3 is 2.46 bits per heavy atom. The summed E-state index contributed by atoms with van der Waals surface area (Å²) < 4.78 is 10.5. The highest BCUT2D eigenvalue weighted by Gasteiger charge is 2.19. The number of nitrogens with one attached hydrogen (secondary N) is 1. The lowest BCUT2D eigenvalue weighted by atomic mass is 10.1. The van der Waals surface area contributed by atoms with Gasteiger partial charge in [-0.1, -0.05) is 12.1 Å². The lowest BCUT2D eigenvalue weighted by Gasteiger charge is -2.15. The molecule has 6 heteroatoms. The van der Waals surface area contributed by atoms with Crippen LogP contribution < -0.4 is 14.8 Å². The van der Waals surface area contributed by atoms with Crippen LogP contribution in [0.3, 0.4) is 0 Å². The monoisotopic (exact) mass is 380 g/mol. The van der Waals surface area contributed by atoms with Crippen LogP contribution in [0.2, 0.25) is 0 Å². The molecule has 0 saturated carbocycles. The van der Waals surface area contributed by atoms with E-state index in [1.54, 1.807) is 56.7 Å². The third-order valence-corrected chi connectivity index (χ3v) is 4.61. The van der Waals surface area contributed by atoms with Crippen molar-refractivity contribution in [3.63, 3.8) is 0 Å². The summed E-state index contributed by atoms with van der Waals surface area (Å²) in [6.45, 7) is 1.59. The van der Waals surface area contributed by atoms with Gasteiger partial charge in [-0.2, -0.15) is 0 Å². The predicted molar refractivity (Wildman–Crippen MR) is 109 cm³/mol. The summed E-state index contributed by atoms with van der Waals surface area (Å²) in [6, 6.07) is 12.4. The highest BCUT2D eigenvalue weighted by atomic mass is 16.5. The fourth-order valence-electron chi connectivity index (χ4n) is 3.15. The van der Waals surface area contributed by atoms with E-state index in [1.807, 2.05) is 11.0 Å². The van der Waals surface area contributed by atoms with Crippen molar-refractivity contribution in [3.8, 4) is 11.5 Å². The van der Waals surface area contributed by atoms with Crippen LogP contribution >= 0.6 is 0 Å². The van der Waals surface area contributed by atoms with E-state index in [-0.39, 0.29) is 11.8 Å². The van der Waals surface area contributed by atoms with Crippen LogP contribution in [-0.2, 0) is 4.79 Å². The molecule has 1 heterocycles. The van der Waals surface area contributed by atoms with Gasteiger partial charge in [0, 0.05) is 30.4 Å². The van der Waals surface area contributed by atoms with Crippen molar-refractivity contribution in [2.45, 2.75) is 12.8 Å². The van der Waals surface area contributed by atoms with Crippen molar-refractivity contribution in [2.24, 2.45) is 0 Å². The van der Waals surface area contributed by atoms with Crippen molar-refractivity contribution in [2.75, 3.05) is 32.6 Å². The maximum atomic E-state index is 12.5. The average Bonchev–Trinajstić information content (AvgIpc) is 3.26. The van der Waals surface area contributed by atoms with Gasteiger partial charge in [0.05, 0.1) is 14.2 Å². The summed E-state index contributed by atoms with van der Waals surface area (Å²) >= 11 is 0. The Labute approximate surface area is 164 Å². The standard InChI is InChI=1S/C22H24N2O4/c1-27-19-10-8-16(14-20(19)28-2)9-11-21(25)23-18-7-5-6-17(15-18)22(26)24-12-3-4-13-24/h5-11,14-15H,3-4,12-13H2,1-2H3,(H,23,25)/b11-9+. The van der Waals surface area contributed by atoms with Gasteiger partial charge < -0.3 is 19.7 Å². The number of carbonyl (C=O) groups is 2. The van der Waals surface area contributed by atoms with Crippen molar-refractivity contribution < 1.29 is 19.1 Å². The van der Waals surface area contributed by atoms with Gasteiger partial charge in [-0.05, 0) is 54.8 Å². The summed E-state index contributed by atoms with van der Waals surface area (Å²) in [5.41, 5.74) is 1.99. The Morgan fingerprint density at radius 1 is 1.00 bits per heavy atom. The summed E-state index contributed by atoms with van der Waals surface area (Å²) in [7, 11) is 3.14. The Kier molecular flexibility index (Phi) is 6.32. The van der Waals surface area contributed by atoms with E-state index in [2.05, 4.69) is 5.32 Å². The van der Waals surface area contributed by atoms with Crippen LogP contribution in [0.15, 0.2) is 48.5 Å². The van der Waals surface area contributed by atoms with Gasteiger partial charge in [-0.25, -0.2) is 0 Å².